The highest BCUT2D eigenvalue weighted by Gasteiger charge is 2.31. The molecule has 0 aliphatic carbocycles. The first-order valence-corrected chi connectivity index (χ1v) is 10.8. The molecule has 7 nitrogen and oxygen atoms in total. The molecule has 0 spiro atoms. The highest BCUT2D eigenvalue weighted by molar-refractivity contribution is 14.0. The van der Waals surface area contributed by atoms with Crippen molar-refractivity contribution in [1.29, 1.82) is 0 Å². The summed E-state index contributed by atoms with van der Waals surface area (Å²) < 4.78 is 5.55. The minimum absolute atomic E-state index is 0. The number of carbonyl (C=O) groups excluding carboxylic acids is 1. The molecular formula is C20H38IN5O2. The topological polar surface area (TPSA) is 60.4 Å². The van der Waals surface area contributed by atoms with Gasteiger partial charge in [0.05, 0.1) is 0 Å². The Hall–Kier alpha value is -0.610. The van der Waals surface area contributed by atoms with Gasteiger partial charge in [-0.2, -0.15) is 0 Å². The van der Waals surface area contributed by atoms with Crippen LogP contribution in [0.4, 0.5) is 0 Å². The van der Waals surface area contributed by atoms with E-state index in [2.05, 4.69) is 27.0 Å². The van der Waals surface area contributed by atoms with E-state index in [4.69, 9.17) is 4.74 Å². The van der Waals surface area contributed by atoms with E-state index in [0.29, 0.717) is 0 Å². The van der Waals surface area contributed by atoms with Gasteiger partial charge in [-0.3, -0.25) is 9.79 Å². The molecule has 1 atom stereocenters. The fourth-order valence-electron chi connectivity index (χ4n) is 4.41. The smallest absolute Gasteiger partial charge is 0.251 e. The lowest BCUT2D eigenvalue weighted by Gasteiger charge is -2.38. The Morgan fingerprint density at radius 1 is 1.07 bits per heavy atom. The molecule has 3 fully saturated rings. The Morgan fingerprint density at radius 3 is 2.32 bits per heavy atom. The Kier molecular flexibility index (Phi) is 10.3. The zero-order chi connectivity index (χ0) is 19.1. The highest BCUT2D eigenvalue weighted by Crippen LogP contribution is 2.18. The molecule has 3 heterocycles. The third-order valence-electron chi connectivity index (χ3n) is 6.10. The van der Waals surface area contributed by atoms with Crippen molar-refractivity contribution in [3.05, 3.63) is 0 Å². The zero-order valence-corrected chi connectivity index (χ0v) is 19.9. The second-order valence-electron chi connectivity index (χ2n) is 8.03. The number of guanidine groups is 1. The number of nitrogens with one attached hydrogen (secondary N) is 1. The van der Waals surface area contributed by atoms with Crippen molar-refractivity contribution in [2.24, 2.45) is 10.9 Å². The van der Waals surface area contributed by atoms with Crippen molar-refractivity contribution in [2.75, 3.05) is 66.0 Å². The van der Waals surface area contributed by atoms with Crippen molar-refractivity contribution >= 4 is 35.8 Å². The van der Waals surface area contributed by atoms with Gasteiger partial charge in [0.2, 0.25) is 0 Å². The lowest BCUT2D eigenvalue weighted by molar-refractivity contribution is -0.142. The van der Waals surface area contributed by atoms with Gasteiger partial charge in [0.15, 0.2) is 5.96 Å². The van der Waals surface area contributed by atoms with Crippen molar-refractivity contribution in [3.63, 3.8) is 0 Å². The quantitative estimate of drug-likeness (QED) is 0.348. The Bertz CT molecular complexity index is 497. The molecule has 0 aromatic rings. The van der Waals surface area contributed by atoms with Gasteiger partial charge in [-0.1, -0.05) is 6.92 Å². The monoisotopic (exact) mass is 507 g/mol. The van der Waals surface area contributed by atoms with E-state index in [1.807, 2.05) is 11.9 Å². The summed E-state index contributed by atoms with van der Waals surface area (Å²) in [6.07, 6.45) is 5.47. The summed E-state index contributed by atoms with van der Waals surface area (Å²) in [6, 6.07) is 0. The van der Waals surface area contributed by atoms with Crippen LogP contribution in [0.15, 0.2) is 4.99 Å². The van der Waals surface area contributed by atoms with Gasteiger partial charge >= 0.3 is 0 Å². The normalized spacial score (nSPS) is 24.9. The SMILES string of the molecule is CCCN1CCC(CNC(=NC)N2CCN(C(=O)C3CCCO3)CC2)CC1.I. The molecule has 0 bridgehead atoms. The van der Waals surface area contributed by atoms with Crippen LogP contribution in [-0.4, -0.2) is 98.7 Å². The number of hydrogen-bond donors (Lipinski definition) is 1. The molecular weight excluding hydrogens is 469 g/mol. The molecule has 0 aromatic carbocycles. The van der Waals surface area contributed by atoms with Gasteiger partial charge in [-0.15, -0.1) is 24.0 Å². The van der Waals surface area contributed by atoms with Crippen LogP contribution in [0.2, 0.25) is 0 Å². The first-order valence-electron chi connectivity index (χ1n) is 10.8. The van der Waals surface area contributed by atoms with E-state index in [0.717, 1.165) is 64.0 Å². The van der Waals surface area contributed by atoms with Gasteiger partial charge in [-0.05, 0) is 57.7 Å². The Balaban J connectivity index is 0.00000280. The van der Waals surface area contributed by atoms with Crippen LogP contribution in [0.3, 0.4) is 0 Å². The first kappa shape index (κ1) is 23.7. The first-order chi connectivity index (χ1) is 13.2. The molecule has 0 radical (unpaired) electrons. The molecule has 3 aliphatic rings. The second kappa shape index (κ2) is 12.2. The van der Waals surface area contributed by atoms with Crippen molar-refractivity contribution in [1.82, 2.24) is 20.0 Å². The molecule has 3 rings (SSSR count). The third kappa shape index (κ3) is 6.45. The number of rotatable bonds is 5. The molecule has 28 heavy (non-hydrogen) atoms. The number of piperidine rings is 1. The summed E-state index contributed by atoms with van der Waals surface area (Å²) in [7, 11) is 1.86. The van der Waals surface area contributed by atoms with E-state index in [1.165, 1.54) is 38.9 Å². The second-order valence-corrected chi connectivity index (χ2v) is 8.03. The summed E-state index contributed by atoms with van der Waals surface area (Å²) in [5, 5.41) is 3.58. The van der Waals surface area contributed by atoms with E-state index < -0.39 is 0 Å². The zero-order valence-electron chi connectivity index (χ0n) is 17.6. The highest BCUT2D eigenvalue weighted by atomic mass is 127. The predicted molar refractivity (Wildman–Crippen MR) is 123 cm³/mol. The fourth-order valence-corrected chi connectivity index (χ4v) is 4.41. The number of nitrogens with zero attached hydrogens (tertiary/aromatic N) is 4. The van der Waals surface area contributed by atoms with Crippen molar-refractivity contribution < 1.29 is 9.53 Å². The number of halogens is 1. The van der Waals surface area contributed by atoms with Crippen molar-refractivity contribution in [3.8, 4) is 0 Å². The molecule has 3 aliphatic heterocycles. The van der Waals surface area contributed by atoms with Crippen LogP contribution in [0, 0.1) is 5.92 Å². The van der Waals surface area contributed by atoms with Crippen LogP contribution in [-0.2, 0) is 9.53 Å². The molecule has 3 saturated heterocycles. The largest absolute Gasteiger partial charge is 0.368 e. The average Bonchev–Trinajstić information content (AvgIpc) is 3.25. The number of piperazine rings is 1. The maximum Gasteiger partial charge on any atom is 0.251 e. The molecule has 1 amide bonds. The van der Waals surface area contributed by atoms with Gasteiger partial charge in [0, 0.05) is 46.4 Å². The minimum atomic E-state index is -0.201. The predicted octanol–water partition coefficient (Wildman–Crippen LogP) is 1.63. The number of ether oxygens (including phenoxy) is 1. The number of amides is 1. The Labute approximate surface area is 187 Å². The average molecular weight is 507 g/mol. The molecule has 0 aromatic heterocycles. The van der Waals surface area contributed by atoms with Crippen LogP contribution in [0.5, 0.6) is 0 Å². The van der Waals surface area contributed by atoms with Crippen LogP contribution < -0.4 is 5.32 Å². The van der Waals surface area contributed by atoms with Gasteiger partial charge in [0.1, 0.15) is 6.10 Å². The summed E-state index contributed by atoms with van der Waals surface area (Å²) >= 11 is 0. The van der Waals surface area contributed by atoms with Gasteiger partial charge < -0.3 is 24.8 Å². The van der Waals surface area contributed by atoms with Crippen LogP contribution in [0.25, 0.3) is 0 Å². The summed E-state index contributed by atoms with van der Waals surface area (Å²) in [5.74, 6) is 1.89. The van der Waals surface area contributed by atoms with E-state index >= 15 is 0 Å². The van der Waals surface area contributed by atoms with Crippen molar-refractivity contribution in [2.45, 2.75) is 45.1 Å². The van der Waals surface area contributed by atoms with Crippen LogP contribution >= 0.6 is 24.0 Å². The number of hydrogen-bond acceptors (Lipinski definition) is 4. The molecule has 162 valence electrons. The standard InChI is InChI=1S/C20H37N5O2.HI/c1-3-8-23-9-6-17(7-10-23)16-22-20(21-2)25-13-11-24(12-14-25)19(26)18-5-4-15-27-18;/h17-18H,3-16H2,1-2H3,(H,21,22);1H. The molecule has 1 N–H and O–H groups in total. The van der Waals surface area contributed by atoms with Gasteiger partial charge in [-0.25, -0.2) is 0 Å². The van der Waals surface area contributed by atoms with Crippen LogP contribution in [0.1, 0.15) is 39.0 Å². The minimum Gasteiger partial charge on any atom is -0.368 e. The number of carbonyl (C=O) groups is 1. The van der Waals surface area contributed by atoms with E-state index in [-0.39, 0.29) is 36.0 Å². The number of likely N-dealkylation sites (tertiary alicyclic amines) is 1. The summed E-state index contributed by atoms with van der Waals surface area (Å²) in [5.41, 5.74) is 0. The summed E-state index contributed by atoms with van der Waals surface area (Å²) in [4.78, 5) is 23.8. The maximum absolute atomic E-state index is 12.5. The Morgan fingerprint density at radius 2 is 1.75 bits per heavy atom. The molecule has 0 saturated carbocycles. The number of aliphatic imine (C=N–C) groups is 1. The van der Waals surface area contributed by atoms with E-state index in [1.54, 1.807) is 0 Å². The fraction of sp³-hybridized carbons (Fsp3) is 0.900. The lowest BCUT2D eigenvalue weighted by atomic mass is 9.97. The molecule has 8 heteroatoms. The summed E-state index contributed by atoms with van der Waals surface area (Å²) in [6.45, 7) is 10.9. The third-order valence-corrected chi connectivity index (χ3v) is 6.10. The molecule has 1 unspecified atom stereocenters. The van der Waals surface area contributed by atoms with Gasteiger partial charge in [0.25, 0.3) is 5.91 Å². The maximum atomic E-state index is 12.5. The lowest BCUT2D eigenvalue weighted by Crippen LogP contribution is -2.55. The van der Waals surface area contributed by atoms with E-state index in [9.17, 15) is 4.79 Å².